The van der Waals surface area contributed by atoms with Crippen molar-refractivity contribution < 1.29 is 0 Å². The van der Waals surface area contributed by atoms with Gasteiger partial charge in [0.1, 0.15) is 12.7 Å². The molecule has 0 spiro atoms. The molecule has 0 saturated carbocycles. The monoisotopic (exact) mass is 338 g/mol. The summed E-state index contributed by atoms with van der Waals surface area (Å²) < 4.78 is 3.75. The van der Waals surface area contributed by atoms with Crippen LogP contribution < -0.4 is 9.80 Å². The van der Waals surface area contributed by atoms with Gasteiger partial charge in [0, 0.05) is 28.2 Å². The van der Waals surface area contributed by atoms with E-state index in [2.05, 4.69) is 29.9 Å². The highest BCUT2D eigenvalue weighted by Crippen LogP contribution is 2.23. The lowest BCUT2D eigenvalue weighted by Crippen LogP contribution is -2.34. The lowest BCUT2D eigenvalue weighted by molar-refractivity contribution is 0.828. The van der Waals surface area contributed by atoms with E-state index in [-0.39, 0.29) is 0 Å². The number of fused-ring (bicyclic) bond motifs is 2. The quantitative estimate of drug-likeness (QED) is 0.499. The summed E-state index contributed by atoms with van der Waals surface area (Å²) >= 11 is 0. The SMILES string of the molecule is CN(CN(C)c1ncnc2c1ncn2C)c1ncnc2c1ncn2C. The van der Waals surface area contributed by atoms with Crippen LogP contribution in [0.1, 0.15) is 0 Å². The summed E-state index contributed by atoms with van der Waals surface area (Å²) in [6.07, 6.45) is 6.58. The molecule has 0 N–H and O–H groups in total. The van der Waals surface area contributed by atoms with Crippen LogP contribution in [0.3, 0.4) is 0 Å². The fraction of sp³-hybridized carbons (Fsp3) is 0.333. The van der Waals surface area contributed by atoms with Crippen molar-refractivity contribution in [2.75, 3.05) is 30.6 Å². The molecule has 4 aromatic rings. The zero-order valence-electron chi connectivity index (χ0n) is 14.5. The molecule has 25 heavy (non-hydrogen) atoms. The number of aromatic nitrogens is 8. The third kappa shape index (κ3) is 2.42. The van der Waals surface area contributed by atoms with Gasteiger partial charge in [-0.25, -0.2) is 29.9 Å². The van der Waals surface area contributed by atoms with Crippen LogP contribution in [0.25, 0.3) is 22.3 Å². The van der Waals surface area contributed by atoms with E-state index in [1.165, 1.54) is 0 Å². The lowest BCUT2D eigenvalue weighted by Gasteiger charge is -2.26. The molecule has 0 bridgehead atoms. The minimum atomic E-state index is 0.561. The Balaban J connectivity index is 1.66. The van der Waals surface area contributed by atoms with Crippen molar-refractivity contribution in [2.24, 2.45) is 14.1 Å². The zero-order valence-corrected chi connectivity index (χ0v) is 14.5. The van der Waals surface area contributed by atoms with Crippen LogP contribution in [-0.4, -0.2) is 59.8 Å². The maximum atomic E-state index is 4.41. The topological polar surface area (TPSA) is 93.7 Å². The van der Waals surface area contributed by atoms with Crippen LogP contribution in [0.2, 0.25) is 0 Å². The first-order chi connectivity index (χ1) is 12.1. The normalized spacial score (nSPS) is 11.4. The highest BCUT2D eigenvalue weighted by Gasteiger charge is 2.17. The van der Waals surface area contributed by atoms with Gasteiger partial charge >= 0.3 is 0 Å². The number of nitrogens with zero attached hydrogens (tertiary/aromatic N) is 10. The summed E-state index contributed by atoms with van der Waals surface area (Å²) in [5, 5.41) is 0. The van der Waals surface area contributed by atoms with Crippen molar-refractivity contribution in [3.8, 4) is 0 Å². The van der Waals surface area contributed by atoms with Crippen molar-refractivity contribution in [1.29, 1.82) is 0 Å². The van der Waals surface area contributed by atoms with Crippen LogP contribution in [0.4, 0.5) is 11.6 Å². The fourth-order valence-electron chi connectivity index (χ4n) is 2.88. The number of hydrogen-bond acceptors (Lipinski definition) is 8. The Labute approximate surface area is 143 Å². The number of rotatable bonds is 4. The van der Waals surface area contributed by atoms with E-state index in [1.54, 1.807) is 25.3 Å². The van der Waals surface area contributed by atoms with Crippen LogP contribution in [0.5, 0.6) is 0 Å². The Hall–Kier alpha value is -3.30. The van der Waals surface area contributed by atoms with E-state index in [0.29, 0.717) is 6.67 Å². The van der Waals surface area contributed by atoms with Gasteiger partial charge in [-0.15, -0.1) is 0 Å². The molecule has 0 aliphatic rings. The minimum Gasteiger partial charge on any atom is -0.340 e. The molecule has 0 atom stereocenters. The van der Waals surface area contributed by atoms with Gasteiger partial charge in [-0.2, -0.15) is 0 Å². The summed E-state index contributed by atoms with van der Waals surface area (Å²) in [5.74, 6) is 1.53. The first-order valence-corrected chi connectivity index (χ1v) is 7.72. The van der Waals surface area contributed by atoms with Crippen molar-refractivity contribution in [3.05, 3.63) is 25.3 Å². The summed E-state index contributed by atoms with van der Waals surface area (Å²) in [6, 6.07) is 0. The van der Waals surface area contributed by atoms with Gasteiger partial charge in [-0.3, -0.25) is 0 Å². The molecule has 0 amide bonds. The average molecular weight is 338 g/mol. The van der Waals surface area contributed by atoms with Crippen LogP contribution in [0, 0.1) is 0 Å². The van der Waals surface area contributed by atoms with Crippen LogP contribution >= 0.6 is 0 Å². The molecule has 0 aliphatic carbocycles. The molecular weight excluding hydrogens is 320 g/mol. The standard InChI is InChI=1S/C15H18N10/c1-22-7-20-10-12(22)16-5-18-14(10)24(3)9-25(4)15-11-13(17-6-19-15)23(2)8-21-11/h5-8H,9H2,1-4H3. The Bertz CT molecular complexity index is 965. The number of aryl methyl sites for hydroxylation is 2. The maximum Gasteiger partial charge on any atom is 0.165 e. The van der Waals surface area contributed by atoms with E-state index in [9.17, 15) is 0 Å². The van der Waals surface area contributed by atoms with Crippen molar-refractivity contribution in [2.45, 2.75) is 0 Å². The van der Waals surface area contributed by atoms with E-state index in [0.717, 1.165) is 34.0 Å². The van der Waals surface area contributed by atoms with Gasteiger partial charge in [-0.05, 0) is 0 Å². The largest absolute Gasteiger partial charge is 0.340 e. The number of hydrogen-bond donors (Lipinski definition) is 0. The fourth-order valence-corrected chi connectivity index (χ4v) is 2.88. The van der Waals surface area contributed by atoms with Crippen molar-refractivity contribution >= 4 is 34.0 Å². The van der Waals surface area contributed by atoms with Gasteiger partial charge in [0.15, 0.2) is 34.0 Å². The van der Waals surface area contributed by atoms with Crippen LogP contribution in [0.15, 0.2) is 25.3 Å². The van der Waals surface area contributed by atoms with Gasteiger partial charge in [0.05, 0.1) is 19.3 Å². The molecule has 10 heteroatoms. The molecular formula is C15H18N10. The maximum absolute atomic E-state index is 4.41. The second kappa shape index (κ2) is 5.65. The predicted molar refractivity (Wildman–Crippen MR) is 94.3 cm³/mol. The summed E-state index contributed by atoms with van der Waals surface area (Å²) in [5.41, 5.74) is 3.14. The second-order valence-electron chi connectivity index (χ2n) is 5.99. The van der Waals surface area contributed by atoms with Crippen molar-refractivity contribution in [3.63, 3.8) is 0 Å². The van der Waals surface area contributed by atoms with E-state index in [4.69, 9.17) is 0 Å². The smallest absolute Gasteiger partial charge is 0.165 e. The molecule has 4 heterocycles. The van der Waals surface area contributed by atoms with Gasteiger partial charge in [0.2, 0.25) is 0 Å². The molecule has 10 nitrogen and oxygen atoms in total. The Morgan fingerprint density at radius 2 is 1.16 bits per heavy atom. The van der Waals surface area contributed by atoms with Gasteiger partial charge in [-0.1, -0.05) is 0 Å². The number of anilines is 2. The highest BCUT2D eigenvalue weighted by atomic mass is 15.3. The van der Waals surface area contributed by atoms with Crippen molar-refractivity contribution in [1.82, 2.24) is 39.0 Å². The first kappa shape index (κ1) is 15.2. The lowest BCUT2D eigenvalue weighted by atomic mass is 10.4. The first-order valence-electron chi connectivity index (χ1n) is 7.72. The third-order valence-corrected chi connectivity index (χ3v) is 4.10. The molecule has 4 rings (SSSR count). The van der Waals surface area contributed by atoms with E-state index < -0.39 is 0 Å². The summed E-state index contributed by atoms with van der Waals surface area (Å²) in [6.45, 7) is 0.561. The molecule has 4 aromatic heterocycles. The Morgan fingerprint density at radius 3 is 1.60 bits per heavy atom. The molecule has 0 radical (unpaired) electrons. The van der Waals surface area contributed by atoms with Gasteiger partial charge in [0.25, 0.3) is 0 Å². The Kier molecular flexibility index (Phi) is 3.45. The average Bonchev–Trinajstić information content (AvgIpc) is 3.18. The molecule has 0 aliphatic heterocycles. The minimum absolute atomic E-state index is 0.561. The van der Waals surface area contributed by atoms with Gasteiger partial charge < -0.3 is 18.9 Å². The molecule has 0 saturated heterocycles. The predicted octanol–water partition coefficient (Wildman–Crippen LogP) is 0.570. The summed E-state index contributed by atoms with van der Waals surface area (Å²) in [7, 11) is 7.75. The highest BCUT2D eigenvalue weighted by molar-refractivity contribution is 5.85. The van der Waals surface area contributed by atoms with E-state index >= 15 is 0 Å². The van der Waals surface area contributed by atoms with E-state index in [1.807, 2.05) is 47.1 Å². The molecule has 0 aromatic carbocycles. The summed E-state index contributed by atoms with van der Waals surface area (Å²) in [4.78, 5) is 30.2. The zero-order chi connectivity index (χ0) is 17.6. The third-order valence-electron chi connectivity index (χ3n) is 4.10. The second-order valence-corrected chi connectivity index (χ2v) is 5.99. The molecule has 0 fully saturated rings. The van der Waals surface area contributed by atoms with Crippen LogP contribution in [-0.2, 0) is 14.1 Å². The Morgan fingerprint density at radius 1 is 0.720 bits per heavy atom. The number of imidazole rings is 2. The molecule has 0 unspecified atom stereocenters. The molecule has 128 valence electrons.